The monoisotopic (exact) mass is 468 g/mol. The van der Waals surface area contributed by atoms with E-state index in [0.717, 1.165) is 74.8 Å². The normalized spacial score (nSPS) is 28.6. The number of nitrogens with zero attached hydrogens (tertiary/aromatic N) is 2. The zero-order valence-corrected chi connectivity index (χ0v) is 19.1. The molecular formula is C27H30F2N2O3. The van der Waals surface area contributed by atoms with Gasteiger partial charge in [0, 0.05) is 6.54 Å². The second-order valence-electron chi connectivity index (χ2n) is 10.5. The van der Waals surface area contributed by atoms with Crippen molar-refractivity contribution in [3.05, 3.63) is 53.6 Å². The van der Waals surface area contributed by atoms with Crippen LogP contribution in [0.25, 0.3) is 11.1 Å². The number of fused-ring (bicyclic) bond motifs is 4. The first-order valence-electron chi connectivity index (χ1n) is 12.4. The summed E-state index contributed by atoms with van der Waals surface area (Å²) in [6, 6.07) is 12.9. The Labute approximate surface area is 198 Å². The molecule has 3 heterocycles. The third-order valence-corrected chi connectivity index (χ3v) is 8.70. The van der Waals surface area contributed by atoms with Crippen molar-refractivity contribution in [3.8, 4) is 16.9 Å². The predicted octanol–water partition coefficient (Wildman–Crippen LogP) is 5.80. The molecule has 2 atom stereocenters. The van der Waals surface area contributed by atoms with E-state index in [9.17, 15) is 18.7 Å². The highest BCUT2D eigenvalue weighted by molar-refractivity contribution is 5.70. The molecule has 0 aromatic heterocycles. The van der Waals surface area contributed by atoms with E-state index in [1.165, 1.54) is 5.56 Å². The average molecular weight is 469 g/mol. The van der Waals surface area contributed by atoms with Gasteiger partial charge in [0.1, 0.15) is 5.75 Å². The molecule has 3 saturated heterocycles. The molecule has 7 rings (SSSR count). The Morgan fingerprint density at radius 1 is 1.06 bits per heavy atom. The van der Waals surface area contributed by atoms with E-state index in [1.807, 2.05) is 4.90 Å². The van der Waals surface area contributed by atoms with Crippen molar-refractivity contribution in [2.75, 3.05) is 19.6 Å². The van der Waals surface area contributed by atoms with Crippen molar-refractivity contribution in [1.82, 2.24) is 9.80 Å². The maximum absolute atomic E-state index is 12.8. The molecule has 5 aliphatic rings. The van der Waals surface area contributed by atoms with Crippen LogP contribution in [0.5, 0.6) is 5.75 Å². The van der Waals surface area contributed by atoms with Crippen LogP contribution < -0.4 is 4.74 Å². The van der Waals surface area contributed by atoms with Gasteiger partial charge in [-0.1, -0.05) is 24.3 Å². The van der Waals surface area contributed by atoms with Crippen molar-refractivity contribution in [2.24, 2.45) is 11.3 Å². The Kier molecular flexibility index (Phi) is 5.28. The number of benzene rings is 2. The van der Waals surface area contributed by atoms with Gasteiger partial charge in [-0.15, -0.1) is 0 Å². The fourth-order valence-electron chi connectivity index (χ4n) is 6.76. The van der Waals surface area contributed by atoms with Gasteiger partial charge >= 0.3 is 12.7 Å². The number of rotatable bonds is 5. The summed E-state index contributed by atoms with van der Waals surface area (Å²) in [6.07, 6.45) is 5.51. The zero-order chi connectivity index (χ0) is 23.4. The van der Waals surface area contributed by atoms with Crippen LogP contribution in [0.4, 0.5) is 13.6 Å². The maximum atomic E-state index is 12.8. The molecule has 1 spiro atoms. The van der Waals surface area contributed by atoms with Gasteiger partial charge in [0.25, 0.3) is 0 Å². The molecule has 7 heteroatoms. The SMILES string of the molecule is O=C(O)N(C1c2cc(-c3ccc(OC(F)F)cc3)ccc2CCC12CC2)[C@@H]1CN2CCC1CC2. The molecule has 4 fully saturated rings. The number of alkyl halides is 2. The molecular weight excluding hydrogens is 438 g/mol. The van der Waals surface area contributed by atoms with Gasteiger partial charge in [-0.2, -0.15) is 8.78 Å². The molecule has 1 amide bonds. The Bertz CT molecular complexity index is 1080. The molecule has 180 valence electrons. The van der Waals surface area contributed by atoms with Gasteiger partial charge in [0.2, 0.25) is 0 Å². The molecule has 2 aromatic carbocycles. The lowest BCUT2D eigenvalue weighted by Gasteiger charge is -2.52. The van der Waals surface area contributed by atoms with Crippen LogP contribution in [-0.2, 0) is 6.42 Å². The smallest absolute Gasteiger partial charge is 0.408 e. The lowest BCUT2D eigenvalue weighted by molar-refractivity contribution is -0.0498. The Morgan fingerprint density at radius 2 is 1.76 bits per heavy atom. The first-order valence-corrected chi connectivity index (χ1v) is 12.4. The van der Waals surface area contributed by atoms with Gasteiger partial charge in [0.15, 0.2) is 0 Å². The molecule has 1 saturated carbocycles. The predicted molar refractivity (Wildman–Crippen MR) is 124 cm³/mol. The maximum Gasteiger partial charge on any atom is 0.408 e. The molecule has 34 heavy (non-hydrogen) atoms. The minimum absolute atomic E-state index is 0.0443. The van der Waals surface area contributed by atoms with E-state index < -0.39 is 12.7 Å². The third kappa shape index (κ3) is 3.74. The van der Waals surface area contributed by atoms with Crippen molar-refractivity contribution < 1.29 is 23.4 Å². The summed E-state index contributed by atoms with van der Waals surface area (Å²) < 4.78 is 29.5. The van der Waals surface area contributed by atoms with Crippen molar-refractivity contribution >= 4 is 6.09 Å². The van der Waals surface area contributed by atoms with Gasteiger partial charge in [-0.05, 0) is 103 Å². The Hall–Kier alpha value is -2.67. The number of piperidine rings is 3. The van der Waals surface area contributed by atoms with Crippen LogP contribution in [0.1, 0.15) is 49.3 Å². The fraction of sp³-hybridized carbons (Fsp3) is 0.519. The first kappa shape index (κ1) is 21.8. The van der Waals surface area contributed by atoms with E-state index >= 15 is 0 Å². The quantitative estimate of drug-likeness (QED) is 0.603. The lowest BCUT2D eigenvalue weighted by atomic mass is 9.73. The van der Waals surface area contributed by atoms with Crippen LogP contribution in [-0.4, -0.2) is 53.3 Å². The van der Waals surface area contributed by atoms with Crippen LogP contribution in [0, 0.1) is 11.3 Å². The number of hydrogen-bond donors (Lipinski definition) is 1. The molecule has 2 aliphatic carbocycles. The second kappa shape index (κ2) is 8.22. The van der Waals surface area contributed by atoms with Crippen molar-refractivity contribution in [3.63, 3.8) is 0 Å². The highest BCUT2D eigenvalue weighted by Crippen LogP contribution is 2.64. The number of carboxylic acid groups (broad SMARTS) is 1. The van der Waals surface area contributed by atoms with Crippen molar-refractivity contribution in [2.45, 2.75) is 57.2 Å². The largest absolute Gasteiger partial charge is 0.465 e. The van der Waals surface area contributed by atoms with Crippen LogP contribution in [0.3, 0.4) is 0 Å². The van der Waals surface area contributed by atoms with E-state index in [2.05, 4.69) is 27.8 Å². The second-order valence-corrected chi connectivity index (χ2v) is 10.5. The summed E-state index contributed by atoms with van der Waals surface area (Å²) in [5.41, 5.74) is 4.29. The molecule has 1 unspecified atom stereocenters. The Balaban J connectivity index is 1.38. The summed E-state index contributed by atoms with van der Waals surface area (Å²) in [7, 11) is 0. The van der Waals surface area contributed by atoms with E-state index in [-0.39, 0.29) is 23.2 Å². The first-order chi connectivity index (χ1) is 16.4. The fourth-order valence-corrected chi connectivity index (χ4v) is 6.76. The highest BCUT2D eigenvalue weighted by Gasteiger charge is 2.57. The van der Waals surface area contributed by atoms with Gasteiger partial charge in [-0.25, -0.2) is 4.79 Å². The highest BCUT2D eigenvalue weighted by atomic mass is 19.3. The van der Waals surface area contributed by atoms with Crippen LogP contribution in [0.2, 0.25) is 0 Å². The standard InChI is InChI=1S/C27H30F2N2O3/c28-25(29)34-21-5-3-17(4-6-21)20-2-1-18-7-10-27(11-12-27)24(22(18)15-20)31(26(32)33)23-16-30-13-8-19(23)9-14-30/h1-6,15,19,23-25H,7-14,16H2,(H,32,33)/t23-,24?/m1/s1. The topological polar surface area (TPSA) is 53.0 Å². The summed E-state index contributed by atoms with van der Waals surface area (Å²) in [6.45, 7) is 0.148. The number of carbonyl (C=O) groups is 1. The number of amides is 1. The Morgan fingerprint density at radius 3 is 2.35 bits per heavy atom. The van der Waals surface area contributed by atoms with Gasteiger partial charge < -0.3 is 14.7 Å². The lowest BCUT2D eigenvalue weighted by Crippen LogP contribution is -2.60. The number of halogens is 2. The number of ether oxygens (including phenoxy) is 1. The summed E-state index contributed by atoms with van der Waals surface area (Å²) in [5, 5.41) is 10.5. The summed E-state index contributed by atoms with van der Waals surface area (Å²) >= 11 is 0. The molecule has 5 nitrogen and oxygen atoms in total. The number of hydrogen-bond acceptors (Lipinski definition) is 3. The minimum Gasteiger partial charge on any atom is -0.465 e. The summed E-state index contributed by atoms with van der Waals surface area (Å²) in [4.78, 5) is 17.1. The van der Waals surface area contributed by atoms with Gasteiger partial charge in [0.05, 0.1) is 12.1 Å². The minimum atomic E-state index is -2.85. The summed E-state index contributed by atoms with van der Waals surface area (Å²) in [5.74, 6) is 0.568. The molecule has 2 aromatic rings. The van der Waals surface area contributed by atoms with Crippen molar-refractivity contribution in [1.29, 1.82) is 0 Å². The average Bonchev–Trinajstić information content (AvgIpc) is 3.61. The molecule has 2 bridgehead atoms. The molecule has 0 radical (unpaired) electrons. The molecule has 1 N–H and O–H groups in total. The van der Waals surface area contributed by atoms with Crippen LogP contribution in [0.15, 0.2) is 42.5 Å². The van der Waals surface area contributed by atoms with E-state index in [1.54, 1.807) is 24.3 Å². The van der Waals surface area contributed by atoms with E-state index in [0.29, 0.717) is 5.92 Å². The molecule has 3 aliphatic heterocycles. The van der Waals surface area contributed by atoms with Crippen LogP contribution >= 0.6 is 0 Å². The van der Waals surface area contributed by atoms with Gasteiger partial charge in [-0.3, -0.25) is 4.90 Å². The third-order valence-electron chi connectivity index (χ3n) is 8.70. The number of aryl methyl sites for hydroxylation is 1. The van der Waals surface area contributed by atoms with E-state index in [4.69, 9.17) is 0 Å². The zero-order valence-electron chi connectivity index (χ0n) is 19.1.